The van der Waals surface area contributed by atoms with Gasteiger partial charge in [0.1, 0.15) is 0 Å². The Morgan fingerprint density at radius 1 is 0.720 bits per heavy atom. The number of hydrogen-bond acceptors (Lipinski definition) is 5. The molecule has 0 saturated carbocycles. The average Bonchev–Trinajstić information content (AvgIpc) is 2.57. The van der Waals surface area contributed by atoms with Gasteiger partial charge in [-0.15, -0.1) is 0 Å². The lowest BCUT2D eigenvalue weighted by Gasteiger charge is -2.19. The Morgan fingerprint density at radius 2 is 1.12 bits per heavy atom. The van der Waals surface area contributed by atoms with Gasteiger partial charge in [0.15, 0.2) is 35.6 Å². The molecule has 0 aliphatic heterocycles. The summed E-state index contributed by atoms with van der Waals surface area (Å²) in [5.74, 6) is 1.49. The van der Waals surface area contributed by atoms with Crippen LogP contribution >= 0.6 is 0 Å². The van der Waals surface area contributed by atoms with Crippen LogP contribution in [0.4, 0.5) is 0 Å². The van der Waals surface area contributed by atoms with Crippen LogP contribution < -0.4 is 14.2 Å². The molecule has 0 unspecified atom stereocenters. The number of benzene rings is 2. The molecule has 0 bridgehead atoms. The molecule has 2 aromatic rings. The molecular formula is C20H22O5. The molecule has 0 aliphatic carbocycles. The lowest BCUT2D eigenvalue weighted by molar-refractivity contribution is 0.111. The number of aldehydes is 2. The highest BCUT2D eigenvalue weighted by atomic mass is 16.5. The van der Waals surface area contributed by atoms with Crippen LogP contribution in [0.5, 0.6) is 23.0 Å². The van der Waals surface area contributed by atoms with Crippen LogP contribution in [0.2, 0.25) is 0 Å². The Kier molecular flexibility index (Phi) is 6.17. The Balaban J connectivity index is 2.49. The lowest BCUT2D eigenvalue weighted by atomic mass is 10.2. The fourth-order valence-electron chi connectivity index (χ4n) is 2.25. The van der Waals surface area contributed by atoms with E-state index in [9.17, 15) is 9.59 Å². The van der Waals surface area contributed by atoms with Gasteiger partial charge in [-0.2, -0.15) is 0 Å². The van der Waals surface area contributed by atoms with Crippen LogP contribution in [0.3, 0.4) is 0 Å². The summed E-state index contributed by atoms with van der Waals surface area (Å²) in [6.07, 6.45) is 1.18. The predicted octanol–water partition coefficient (Wildman–Crippen LogP) is 4.68. The summed E-state index contributed by atoms with van der Waals surface area (Å²) >= 11 is 0. The topological polar surface area (TPSA) is 61.8 Å². The van der Waals surface area contributed by atoms with E-state index in [0.29, 0.717) is 34.1 Å². The van der Waals surface area contributed by atoms with Crippen LogP contribution in [0.1, 0.15) is 48.4 Å². The maximum Gasteiger partial charge on any atom is 0.172 e. The third-order valence-corrected chi connectivity index (χ3v) is 3.20. The van der Waals surface area contributed by atoms with E-state index in [1.807, 2.05) is 27.7 Å². The summed E-state index contributed by atoms with van der Waals surface area (Å²) in [5, 5.41) is 0. The maximum atomic E-state index is 11.3. The SMILES string of the molecule is CC(C)Oc1c(C=O)cccc1Oc1cccc(C=O)c1OC(C)C. The molecule has 0 amide bonds. The zero-order chi connectivity index (χ0) is 18.4. The number of rotatable bonds is 8. The van der Waals surface area contributed by atoms with Gasteiger partial charge in [-0.3, -0.25) is 9.59 Å². The zero-order valence-electron chi connectivity index (χ0n) is 14.8. The molecule has 25 heavy (non-hydrogen) atoms. The molecule has 5 nitrogen and oxygen atoms in total. The van der Waals surface area contributed by atoms with E-state index < -0.39 is 0 Å². The van der Waals surface area contributed by atoms with Crippen LogP contribution in [-0.4, -0.2) is 24.8 Å². The highest BCUT2D eigenvalue weighted by Crippen LogP contribution is 2.39. The van der Waals surface area contributed by atoms with E-state index in [2.05, 4.69) is 0 Å². The van der Waals surface area contributed by atoms with Crippen LogP contribution in [0.25, 0.3) is 0 Å². The third kappa shape index (κ3) is 4.59. The summed E-state index contributed by atoms with van der Waals surface area (Å²) in [6, 6.07) is 10.1. The quantitative estimate of drug-likeness (QED) is 0.652. The van der Waals surface area contributed by atoms with Crippen molar-refractivity contribution in [1.82, 2.24) is 0 Å². The van der Waals surface area contributed by atoms with E-state index in [1.165, 1.54) is 0 Å². The molecule has 0 heterocycles. The van der Waals surface area contributed by atoms with Gasteiger partial charge in [0.25, 0.3) is 0 Å². The van der Waals surface area contributed by atoms with Gasteiger partial charge < -0.3 is 14.2 Å². The Labute approximate surface area is 147 Å². The third-order valence-electron chi connectivity index (χ3n) is 3.20. The molecule has 2 rings (SSSR count). The molecule has 2 aromatic carbocycles. The molecular weight excluding hydrogens is 320 g/mol. The van der Waals surface area contributed by atoms with Gasteiger partial charge in [-0.25, -0.2) is 0 Å². The van der Waals surface area contributed by atoms with Crippen molar-refractivity contribution in [2.45, 2.75) is 39.9 Å². The summed E-state index contributed by atoms with van der Waals surface area (Å²) in [6.45, 7) is 7.47. The standard InChI is InChI=1S/C20H22O5/c1-13(2)23-19-15(11-21)7-5-9-17(19)25-18-10-6-8-16(12-22)20(18)24-14(3)4/h5-14H,1-4H3. The Morgan fingerprint density at radius 3 is 1.44 bits per heavy atom. The highest BCUT2D eigenvalue weighted by molar-refractivity contribution is 5.82. The molecule has 0 spiro atoms. The minimum absolute atomic E-state index is 0.129. The number of hydrogen-bond donors (Lipinski definition) is 0. The molecule has 0 radical (unpaired) electrons. The molecule has 0 saturated heterocycles. The van der Waals surface area contributed by atoms with Crippen LogP contribution in [0.15, 0.2) is 36.4 Å². The van der Waals surface area contributed by atoms with E-state index in [0.717, 1.165) is 12.6 Å². The van der Waals surface area contributed by atoms with Crippen molar-refractivity contribution in [1.29, 1.82) is 0 Å². The first-order chi connectivity index (χ1) is 12.0. The van der Waals surface area contributed by atoms with Crippen molar-refractivity contribution in [3.05, 3.63) is 47.5 Å². The molecule has 0 N–H and O–H groups in total. The normalized spacial score (nSPS) is 10.6. The highest BCUT2D eigenvalue weighted by Gasteiger charge is 2.17. The van der Waals surface area contributed by atoms with E-state index >= 15 is 0 Å². The van der Waals surface area contributed by atoms with Crippen molar-refractivity contribution in [3.8, 4) is 23.0 Å². The fraction of sp³-hybridized carbons (Fsp3) is 0.300. The number of carbonyl (C=O) groups excluding carboxylic acids is 2. The van der Waals surface area contributed by atoms with Gasteiger partial charge in [-0.1, -0.05) is 12.1 Å². The van der Waals surface area contributed by atoms with E-state index in [4.69, 9.17) is 14.2 Å². The minimum Gasteiger partial charge on any atom is -0.486 e. The van der Waals surface area contributed by atoms with Crippen molar-refractivity contribution < 1.29 is 23.8 Å². The monoisotopic (exact) mass is 342 g/mol. The maximum absolute atomic E-state index is 11.3. The van der Waals surface area contributed by atoms with E-state index in [-0.39, 0.29) is 12.2 Å². The summed E-state index contributed by atoms with van der Waals surface area (Å²) < 4.78 is 17.5. The van der Waals surface area contributed by atoms with Gasteiger partial charge in [0.2, 0.25) is 0 Å². The average molecular weight is 342 g/mol. The predicted molar refractivity (Wildman–Crippen MR) is 95.3 cm³/mol. The van der Waals surface area contributed by atoms with Crippen LogP contribution in [0, 0.1) is 0 Å². The molecule has 0 atom stereocenters. The molecule has 5 heteroatoms. The second-order valence-corrected chi connectivity index (χ2v) is 6.02. The number of carbonyl (C=O) groups is 2. The molecule has 0 aliphatic rings. The number of ether oxygens (including phenoxy) is 3. The van der Waals surface area contributed by atoms with Crippen molar-refractivity contribution >= 4 is 12.6 Å². The van der Waals surface area contributed by atoms with E-state index in [1.54, 1.807) is 36.4 Å². The first-order valence-electron chi connectivity index (χ1n) is 8.13. The summed E-state index contributed by atoms with van der Waals surface area (Å²) in [4.78, 5) is 22.6. The first-order valence-corrected chi connectivity index (χ1v) is 8.13. The first kappa shape index (κ1) is 18.5. The minimum atomic E-state index is -0.129. The van der Waals surface area contributed by atoms with Gasteiger partial charge in [-0.05, 0) is 52.0 Å². The second-order valence-electron chi connectivity index (χ2n) is 6.02. The lowest BCUT2D eigenvalue weighted by Crippen LogP contribution is -2.10. The Bertz CT molecular complexity index is 686. The summed E-state index contributed by atoms with van der Waals surface area (Å²) in [5.41, 5.74) is 0.785. The summed E-state index contributed by atoms with van der Waals surface area (Å²) in [7, 11) is 0. The molecule has 0 aromatic heterocycles. The number of para-hydroxylation sites is 2. The van der Waals surface area contributed by atoms with Gasteiger partial charge in [0.05, 0.1) is 23.3 Å². The zero-order valence-corrected chi connectivity index (χ0v) is 14.8. The van der Waals surface area contributed by atoms with Crippen molar-refractivity contribution in [2.24, 2.45) is 0 Å². The van der Waals surface area contributed by atoms with Crippen molar-refractivity contribution in [2.75, 3.05) is 0 Å². The Hall–Kier alpha value is -2.82. The second kappa shape index (κ2) is 8.33. The van der Waals surface area contributed by atoms with Gasteiger partial charge >= 0.3 is 0 Å². The van der Waals surface area contributed by atoms with Gasteiger partial charge in [0, 0.05) is 0 Å². The molecule has 132 valence electrons. The largest absolute Gasteiger partial charge is 0.486 e. The smallest absolute Gasteiger partial charge is 0.172 e. The van der Waals surface area contributed by atoms with Crippen molar-refractivity contribution in [3.63, 3.8) is 0 Å². The van der Waals surface area contributed by atoms with Crippen LogP contribution in [-0.2, 0) is 0 Å². The molecule has 0 fully saturated rings. The fourth-order valence-corrected chi connectivity index (χ4v) is 2.25.